The van der Waals surface area contributed by atoms with E-state index in [4.69, 9.17) is 0 Å². The molecule has 0 spiro atoms. The maximum absolute atomic E-state index is 13.9. The average Bonchev–Trinajstić information content (AvgIpc) is 2.95. The SMILES string of the molecule is CC(C)(C)NCc1ccc2c(c1)CCC[C@H]2NC(=O)CC1CCc2ccccc2N1S(=O)(=O)c1cccc(C(F)(F)F)c1. The number of nitrogens with one attached hydrogen (secondary N) is 2. The van der Waals surface area contributed by atoms with Gasteiger partial charge < -0.3 is 10.6 Å². The lowest BCUT2D eigenvalue weighted by Crippen LogP contribution is -2.46. The quantitative estimate of drug-likeness (QED) is 0.311. The van der Waals surface area contributed by atoms with Gasteiger partial charge in [-0.3, -0.25) is 9.10 Å². The number of carbonyl (C=O) groups excluding carboxylic acids is 1. The Bertz CT molecular complexity index is 1600. The number of nitrogens with zero attached hydrogens (tertiary/aromatic N) is 1. The number of hydrogen-bond donors (Lipinski definition) is 2. The third-order valence-electron chi connectivity index (χ3n) is 8.13. The van der Waals surface area contributed by atoms with Gasteiger partial charge in [-0.25, -0.2) is 8.42 Å². The van der Waals surface area contributed by atoms with E-state index in [0.29, 0.717) is 24.6 Å². The van der Waals surface area contributed by atoms with Crippen LogP contribution in [-0.2, 0) is 40.4 Å². The zero-order chi connectivity index (χ0) is 31.0. The summed E-state index contributed by atoms with van der Waals surface area (Å²) in [5, 5.41) is 6.64. The predicted octanol–water partition coefficient (Wildman–Crippen LogP) is 6.69. The molecule has 43 heavy (non-hydrogen) atoms. The molecule has 3 aromatic carbocycles. The van der Waals surface area contributed by atoms with Gasteiger partial charge in [0.25, 0.3) is 10.0 Å². The summed E-state index contributed by atoms with van der Waals surface area (Å²) in [5.41, 5.74) is 3.57. The van der Waals surface area contributed by atoms with Crippen LogP contribution in [0.3, 0.4) is 0 Å². The molecule has 2 aliphatic rings. The Morgan fingerprint density at radius 3 is 2.44 bits per heavy atom. The molecular weight excluding hydrogens is 575 g/mol. The summed E-state index contributed by atoms with van der Waals surface area (Å²) in [6.45, 7) is 7.10. The Morgan fingerprint density at radius 2 is 1.70 bits per heavy atom. The molecule has 5 rings (SSSR count). The predicted molar refractivity (Wildman–Crippen MR) is 161 cm³/mol. The van der Waals surface area contributed by atoms with Gasteiger partial charge in [0.2, 0.25) is 5.91 Å². The molecule has 230 valence electrons. The van der Waals surface area contributed by atoms with E-state index in [1.54, 1.807) is 18.2 Å². The Hall–Kier alpha value is -3.37. The largest absolute Gasteiger partial charge is 0.416 e. The third-order valence-corrected chi connectivity index (χ3v) is 9.99. The van der Waals surface area contributed by atoms with E-state index in [1.165, 1.54) is 17.2 Å². The Morgan fingerprint density at radius 1 is 0.930 bits per heavy atom. The van der Waals surface area contributed by atoms with Crippen LogP contribution in [0.25, 0.3) is 0 Å². The first-order valence-electron chi connectivity index (χ1n) is 14.7. The van der Waals surface area contributed by atoms with Gasteiger partial charge in [-0.2, -0.15) is 13.2 Å². The molecule has 0 aromatic heterocycles. The number of benzene rings is 3. The fourth-order valence-corrected chi connectivity index (χ4v) is 7.76. The van der Waals surface area contributed by atoms with Crippen molar-refractivity contribution in [2.45, 2.75) is 94.5 Å². The molecule has 3 aromatic rings. The Balaban J connectivity index is 1.38. The number of aryl methyl sites for hydroxylation is 2. The molecule has 10 heteroatoms. The van der Waals surface area contributed by atoms with Gasteiger partial charge in [0.05, 0.1) is 28.2 Å². The molecule has 0 bridgehead atoms. The van der Waals surface area contributed by atoms with Crippen LogP contribution in [0, 0.1) is 0 Å². The van der Waals surface area contributed by atoms with Crippen molar-refractivity contribution in [1.82, 2.24) is 10.6 Å². The highest BCUT2D eigenvalue weighted by atomic mass is 32.2. The molecule has 2 atom stereocenters. The van der Waals surface area contributed by atoms with Crippen molar-refractivity contribution in [3.63, 3.8) is 0 Å². The molecule has 6 nitrogen and oxygen atoms in total. The minimum Gasteiger partial charge on any atom is -0.349 e. The first-order valence-corrected chi connectivity index (χ1v) is 16.1. The molecule has 0 saturated heterocycles. The van der Waals surface area contributed by atoms with Crippen LogP contribution in [0.5, 0.6) is 0 Å². The van der Waals surface area contributed by atoms with E-state index in [1.807, 2.05) is 6.07 Å². The molecule has 2 N–H and O–H groups in total. The monoisotopic (exact) mass is 613 g/mol. The molecule has 0 radical (unpaired) electrons. The molecular formula is C33H38F3N3O3S. The van der Waals surface area contributed by atoms with E-state index < -0.39 is 32.7 Å². The molecule has 1 heterocycles. The van der Waals surface area contributed by atoms with E-state index in [2.05, 4.69) is 49.6 Å². The van der Waals surface area contributed by atoms with Crippen molar-refractivity contribution in [2.75, 3.05) is 4.31 Å². The maximum Gasteiger partial charge on any atom is 0.416 e. The van der Waals surface area contributed by atoms with Crippen molar-refractivity contribution < 1.29 is 26.4 Å². The zero-order valence-corrected chi connectivity index (χ0v) is 25.5. The van der Waals surface area contributed by atoms with Crippen molar-refractivity contribution in [1.29, 1.82) is 0 Å². The van der Waals surface area contributed by atoms with E-state index in [0.717, 1.165) is 53.4 Å². The van der Waals surface area contributed by atoms with Crippen molar-refractivity contribution in [3.8, 4) is 0 Å². The second kappa shape index (κ2) is 12.0. The second-order valence-corrected chi connectivity index (χ2v) is 14.3. The smallest absolute Gasteiger partial charge is 0.349 e. The molecule has 1 aliphatic carbocycles. The van der Waals surface area contributed by atoms with Crippen LogP contribution >= 0.6 is 0 Å². The highest BCUT2D eigenvalue weighted by Crippen LogP contribution is 2.38. The lowest BCUT2D eigenvalue weighted by atomic mass is 9.86. The lowest BCUT2D eigenvalue weighted by molar-refractivity contribution is -0.137. The number of carbonyl (C=O) groups is 1. The maximum atomic E-state index is 13.9. The summed E-state index contributed by atoms with van der Waals surface area (Å²) < 4.78 is 69.4. The van der Waals surface area contributed by atoms with Crippen LogP contribution in [0.4, 0.5) is 18.9 Å². The fourth-order valence-electron chi connectivity index (χ4n) is 5.99. The van der Waals surface area contributed by atoms with Gasteiger partial charge in [-0.05, 0) is 99.4 Å². The van der Waals surface area contributed by atoms with Gasteiger partial charge in [-0.15, -0.1) is 0 Å². The number of rotatable bonds is 7. The highest BCUT2D eigenvalue weighted by Gasteiger charge is 2.39. The number of halogens is 3. The van der Waals surface area contributed by atoms with Gasteiger partial charge >= 0.3 is 6.18 Å². The number of anilines is 1. The molecule has 1 unspecified atom stereocenters. The minimum atomic E-state index is -4.69. The van der Waals surface area contributed by atoms with E-state index in [-0.39, 0.29) is 23.9 Å². The first kappa shape index (κ1) is 31.1. The first-order chi connectivity index (χ1) is 20.2. The number of sulfonamides is 1. The van der Waals surface area contributed by atoms with Crippen molar-refractivity contribution >= 4 is 21.6 Å². The molecule has 0 saturated carbocycles. The van der Waals surface area contributed by atoms with Gasteiger partial charge in [0, 0.05) is 18.5 Å². The molecule has 1 amide bonds. The van der Waals surface area contributed by atoms with Crippen LogP contribution in [0.15, 0.2) is 71.6 Å². The number of fused-ring (bicyclic) bond motifs is 2. The van der Waals surface area contributed by atoms with Crippen molar-refractivity contribution in [3.05, 3.63) is 94.5 Å². The Kier molecular flexibility index (Phi) is 8.64. The second-order valence-electron chi connectivity index (χ2n) is 12.5. The van der Waals surface area contributed by atoms with Gasteiger partial charge in [0.15, 0.2) is 0 Å². The van der Waals surface area contributed by atoms with Crippen molar-refractivity contribution in [2.24, 2.45) is 0 Å². The summed E-state index contributed by atoms with van der Waals surface area (Å²) in [4.78, 5) is 13.0. The third kappa shape index (κ3) is 7.07. The lowest BCUT2D eigenvalue weighted by Gasteiger charge is -2.38. The number of hydrogen-bond acceptors (Lipinski definition) is 4. The molecule has 0 fully saturated rings. The van der Waals surface area contributed by atoms with E-state index in [9.17, 15) is 26.4 Å². The summed E-state index contributed by atoms with van der Waals surface area (Å²) >= 11 is 0. The van der Waals surface area contributed by atoms with Crippen LogP contribution in [-0.4, -0.2) is 25.9 Å². The zero-order valence-electron chi connectivity index (χ0n) is 24.7. The molecule has 1 aliphatic heterocycles. The van der Waals surface area contributed by atoms with Gasteiger partial charge in [0.1, 0.15) is 0 Å². The topological polar surface area (TPSA) is 78.5 Å². The van der Waals surface area contributed by atoms with Crippen LogP contribution < -0.4 is 14.9 Å². The fraction of sp³-hybridized carbons (Fsp3) is 0.424. The van der Waals surface area contributed by atoms with Crippen LogP contribution in [0.2, 0.25) is 0 Å². The summed E-state index contributed by atoms with van der Waals surface area (Å²) in [7, 11) is -4.41. The number of alkyl halides is 3. The minimum absolute atomic E-state index is 0.00542. The highest BCUT2D eigenvalue weighted by molar-refractivity contribution is 7.92. The standard InChI is InChI=1S/C33H38F3N3O3S/c1-32(2,3)37-21-22-14-17-28-24(18-22)9-6-12-29(28)38-31(40)20-26-16-15-23-8-4-5-13-30(23)39(26)43(41,42)27-11-7-10-25(19-27)33(34,35)36/h4-5,7-8,10-11,13-14,17-19,26,29,37H,6,9,12,15-16,20-21H2,1-3H3,(H,38,40)/t26?,29-/m1/s1. The van der Waals surface area contributed by atoms with Gasteiger partial charge in [-0.1, -0.05) is 42.5 Å². The normalized spacial score (nSPS) is 19.0. The number of para-hydroxylation sites is 1. The summed E-state index contributed by atoms with van der Waals surface area (Å²) in [6.07, 6.45) is -1.25. The average molecular weight is 614 g/mol. The number of amides is 1. The Labute approximate surface area is 251 Å². The van der Waals surface area contributed by atoms with Crippen LogP contribution in [0.1, 0.15) is 80.3 Å². The van der Waals surface area contributed by atoms with E-state index >= 15 is 0 Å². The summed E-state index contributed by atoms with van der Waals surface area (Å²) in [5.74, 6) is -0.287. The summed E-state index contributed by atoms with van der Waals surface area (Å²) in [6, 6.07) is 16.1.